The minimum Gasteiger partial charge on any atom is -0.493 e. The molecule has 5 nitrogen and oxygen atoms in total. The summed E-state index contributed by atoms with van der Waals surface area (Å²) in [6.45, 7) is 6.19. The van der Waals surface area contributed by atoms with Gasteiger partial charge in [0, 0.05) is 0 Å². The Hall–Kier alpha value is -1.75. The first kappa shape index (κ1) is 18.6. The van der Waals surface area contributed by atoms with E-state index < -0.39 is 0 Å². The second kappa shape index (κ2) is 10.2. The first-order chi connectivity index (χ1) is 11.7. The molecule has 1 aliphatic rings. The van der Waals surface area contributed by atoms with Gasteiger partial charge in [-0.3, -0.25) is 4.79 Å². The van der Waals surface area contributed by atoms with Crippen LogP contribution in [-0.4, -0.2) is 45.9 Å². The van der Waals surface area contributed by atoms with Gasteiger partial charge in [0.2, 0.25) is 0 Å². The van der Waals surface area contributed by atoms with E-state index >= 15 is 0 Å². The van der Waals surface area contributed by atoms with E-state index in [-0.39, 0.29) is 11.9 Å². The predicted molar refractivity (Wildman–Crippen MR) is 92.6 cm³/mol. The van der Waals surface area contributed by atoms with Gasteiger partial charge < -0.3 is 19.1 Å². The highest BCUT2D eigenvalue weighted by molar-refractivity contribution is 5.72. The van der Waals surface area contributed by atoms with E-state index in [4.69, 9.17) is 14.2 Å². The highest BCUT2D eigenvalue weighted by Crippen LogP contribution is 2.25. The molecule has 2 atom stereocenters. The van der Waals surface area contributed by atoms with Crippen molar-refractivity contribution in [1.82, 2.24) is 0 Å². The summed E-state index contributed by atoms with van der Waals surface area (Å²) in [5, 5.41) is 0. The second-order valence-corrected chi connectivity index (χ2v) is 6.25. The third-order valence-corrected chi connectivity index (χ3v) is 4.49. The molecule has 0 radical (unpaired) electrons. The largest absolute Gasteiger partial charge is 0.493 e. The van der Waals surface area contributed by atoms with Gasteiger partial charge in [-0.25, -0.2) is 0 Å². The number of quaternary nitrogens is 1. The molecule has 134 valence electrons. The number of esters is 1. The van der Waals surface area contributed by atoms with Crippen LogP contribution in [0, 0.1) is 5.92 Å². The number of hydrogen-bond donors (Lipinski definition) is 1. The molecule has 0 bridgehead atoms. The zero-order chi connectivity index (χ0) is 17.2. The number of nitrogens with one attached hydrogen (secondary N) is 1. The Morgan fingerprint density at radius 1 is 1.25 bits per heavy atom. The summed E-state index contributed by atoms with van der Waals surface area (Å²) in [7, 11) is 1.65. The molecule has 24 heavy (non-hydrogen) atoms. The van der Waals surface area contributed by atoms with Crippen LogP contribution in [0.15, 0.2) is 24.3 Å². The summed E-state index contributed by atoms with van der Waals surface area (Å²) in [6.07, 6.45) is 4.18. The molecule has 0 spiro atoms. The summed E-state index contributed by atoms with van der Waals surface area (Å²) in [5.74, 6) is 1.64. The lowest BCUT2D eigenvalue weighted by molar-refractivity contribution is -0.907. The predicted octanol–water partition coefficient (Wildman–Crippen LogP) is 1.71. The van der Waals surface area contributed by atoms with Crippen molar-refractivity contribution in [1.29, 1.82) is 0 Å². The van der Waals surface area contributed by atoms with Gasteiger partial charge in [-0.2, -0.15) is 0 Å². The molecule has 1 heterocycles. The van der Waals surface area contributed by atoms with Crippen LogP contribution in [0.25, 0.3) is 0 Å². The molecule has 1 aromatic carbocycles. The molecule has 1 N–H and O–H groups in total. The number of hydrogen-bond acceptors (Lipinski definition) is 4. The Kier molecular flexibility index (Phi) is 7.89. The minimum absolute atomic E-state index is 0.0193. The number of carbonyl (C=O) groups is 1. The number of methoxy groups -OCH3 is 1. The van der Waals surface area contributed by atoms with Gasteiger partial charge in [0.1, 0.15) is 5.92 Å². The van der Waals surface area contributed by atoms with Crippen molar-refractivity contribution in [2.75, 3.05) is 40.0 Å². The lowest BCUT2D eigenvalue weighted by atomic mass is 9.98. The van der Waals surface area contributed by atoms with Crippen molar-refractivity contribution in [3.8, 4) is 11.5 Å². The maximum atomic E-state index is 11.9. The van der Waals surface area contributed by atoms with Crippen LogP contribution < -0.4 is 14.4 Å². The standard InChI is InChI=1S/C19H29NO4/c1-3-23-19(21)16-9-8-13-20(15-16)12-6-7-14-24-18-11-5-4-10-17(18)22-2/h4-5,10-11,16H,3,6-9,12-15H2,1-2H3/p+1/t16-/m0/s1. The van der Waals surface area contributed by atoms with Gasteiger partial charge in [0.05, 0.1) is 40.0 Å². The van der Waals surface area contributed by atoms with Crippen LogP contribution in [-0.2, 0) is 9.53 Å². The minimum atomic E-state index is -0.0193. The Labute approximate surface area is 144 Å². The van der Waals surface area contributed by atoms with Gasteiger partial charge in [0.25, 0.3) is 0 Å². The fourth-order valence-electron chi connectivity index (χ4n) is 3.24. The summed E-state index contributed by atoms with van der Waals surface area (Å²) in [4.78, 5) is 13.4. The van der Waals surface area contributed by atoms with E-state index in [0.717, 1.165) is 56.8 Å². The number of unbranched alkanes of at least 4 members (excludes halogenated alkanes) is 1. The lowest BCUT2D eigenvalue weighted by Crippen LogP contribution is -3.13. The topological polar surface area (TPSA) is 49.2 Å². The molecule has 0 saturated carbocycles. The average molecular weight is 336 g/mol. The summed E-state index contributed by atoms with van der Waals surface area (Å²) in [6, 6.07) is 7.72. The van der Waals surface area contributed by atoms with Gasteiger partial charge >= 0.3 is 5.97 Å². The van der Waals surface area contributed by atoms with Crippen LogP contribution in [0.3, 0.4) is 0 Å². The number of rotatable bonds is 9. The monoisotopic (exact) mass is 336 g/mol. The van der Waals surface area contributed by atoms with E-state index in [1.54, 1.807) is 7.11 Å². The summed E-state index contributed by atoms with van der Waals surface area (Å²) < 4.78 is 16.2. The van der Waals surface area contributed by atoms with Crippen molar-refractivity contribution < 1.29 is 23.9 Å². The Bertz CT molecular complexity index is 506. The Balaban J connectivity index is 1.64. The van der Waals surface area contributed by atoms with Crippen LogP contribution in [0.2, 0.25) is 0 Å². The molecule has 1 saturated heterocycles. The molecular formula is C19H30NO4+. The van der Waals surface area contributed by atoms with Crippen LogP contribution in [0.4, 0.5) is 0 Å². The highest BCUT2D eigenvalue weighted by Gasteiger charge is 2.29. The van der Waals surface area contributed by atoms with Crippen molar-refractivity contribution in [2.24, 2.45) is 5.92 Å². The van der Waals surface area contributed by atoms with E-state index in [9.17, 15) is 4.79 Å². The number of likely N-dealkylation sites (tertiary alicyclic amines) is 1. The zero-order valence-corrected chi connectivity index (χ0v) is 14.9. The van der Waals surface area contributed by atoms with Crippen molar-refractivity contribution in [3.63, 3.8) is 0 Å². The molecule has 2 rings (SSSR count). The molecule has 0 aromatic heterocycles. The third kappa shape index (κ3) is 5.71. The number of piperidine rings is 1. The Morgan fingerprint density at radius 2 is 2.04 bits per heavy atom. The molecule has 1 aliphatic heterocycles. The average Bonchev–Trinajstić information content (AvgIpc) is 2.62. The third-order valence-electron chi connectivity index (χ3n) is 4.49. The number of benzene rings is 1. The van der Waals surface area contributed by atoms with Crippen molar-refractivity contribution in [2.45, 2.75) is 32.6 Å². The molecule has 1 aromatic rings. The molecule has 1 unspecified atom stereocenters. The number of para-hydroxylation sites is 2. The maximum Gasteiger partial charge on any atom is 0.314 e. The number of carbonyl (C=O) groups excluding carboxylic acids is 1. The van der Waals surface area contributed by atoms with Crippen LogP contribution >= 0.6 is 0 Å². The SMILES string of the molecule is CCOC(=O)[C@H]1CCC[NH+](CCCCOc2ccccc2OC)C1. The summed E-state index contributed by atoms with van der Waals surface area (Å²) in [5.41, 5.74) is 0. The molecule has 5 heteroatoms. The van der Waals surface area contributed by atoms with Crippen LogP contribution in [0.1, 0.15) is 32.6 Å². The quantitative estimate of drug-likeness (QED) is 0.551. The van der Waals surface area contributed by atoms with Gasteiger partial charge in [-0.15, -0.1) is 0 Å². The molecular weight excluding hydrogens is 306 g/mol. The smallest absolute Gasteiger partial charge is 0.314 e. The van der Waals surface area contributed by atoms with Crippen molar-refractivity contribution in [3.05, 3.63) is 24.3 Å². The normalized spacial score (nSPS) is 20.4. The van der Waals surface area contributed by atoms with Gasteiger partial charge in [0.15, 0.2) is 11.5 Å². The fourth-order valence-corrected chi connectivity index (χ4v) is 3.24. The van der Waals surface area contributed by atoms with E-state index in [1.807, 2.05) is 31.2 Å². The maximum absolute atomic E-state index is 11.9. The Morgan fingerprint density at radius 3 is 2.79 bits per heavy atom. The summed E-state index contributed by atoms with van der Waals surface area (Å²) >= 11 is 0. The van der Waals surface area contributed by atoms with Gasteiger partial charge in [-0.05, 0) is 44.7 Å². The highest BCUT2D eigenvalue weighted by atomic mass is 16.5. The van der Waals surface area contributed by atoms with E-state index in [1.165, 1.54) is 4.90 Å². The lowest BCUT2D eigenvalue weighted by Gasteiger charge is -2.28. The van der Waals surface area contributed by atoms with E-state index in [2.05, 4.69) is 0 Å². The van der Waals surface area contributed by atoms with Gasteiger partial charge in [-0.1, -0.05) is 12.1 Å². The molecule has 1 fully saturated rings. The van der Waals surface area contributed by atoms with Crippen molar-refractivity contribution >= 4 is 5.97 Å². The second-order valence-electron chi connectivity index (χ2n) is 6.25. The molecule has 0 amide bonds. The zero-order valence-electron chi connectivity index (χ0n) is 14.9. The first-order valence-electron chi connectivity index (χ1n) is 9.00. The van der Waals surface area contributed by atoms with E-state index in [0.29, 0.717) is 13.2 Å². The number of ether oxygens (including phenoxy) is 3. The first-order valence-corrected chi connectivity index (χ1v) is 9.00. The van der Waals surface area contributed by atoms with Crippen LogP contribution in [0.5, 0.6) is 11.5 Å². The molecule has 0 aliphatic carbocycles. The fraction of sp³-hybridized carbons (Fsp3) is 0.632.